The Morgan fingerprint density at radius 1 is 0.391 bits per heavy atom. The third kappa shape index (κ3) is 3.35. The van der Waals surface area contributed by atoms with Crippen LogP contribution in [-0.4, -0.2) is 0 Å². The Kier molecular flexibility index (Phi) is 5.12. The van der Waals surface area contributed by atoms with Crippen LogP contribution in [0.1, 0.15) is 25.0 Å². The fourth-order valence-electron chi connectivity index (χ4n) is 8.36. The van der Waals surface area contributed by atoms with Gasteiger partial charge >= 0.3 is 0 Å². The Morgan fingerprint density at radius 3 is 1.70 bits per heavy atom. The standard InChI is InChI=1S/C45H30O/c1-45(2)37-21-11-9-20-35(37)43-38(45)26-27-13-3-4-14-29(27)44(43)42-33-18-7-5-16-31(33)41(32-17-6-8-19-34(32)42)28-23-24-40-36(25-28)30-15-10-12-22-39(30)46-40/h3-26H,1-2H3. The van der Waals surface area contributed by atoms with Gasteiger partial charge in [-0.1, -0.05) is 135 Å². The van der Waals surface area contributed by atoms with E-state index in [1.165, 1.54) is 76.8 Å². The van der Waals surface area contributed by atoms with Crippen LogP contribution in [0.15, 0.2) is 150 Å². The minimum Gasteiger partial charge on any atom is -0.456 e. The summed E-state index contributed by atoms with van der Waals surface area (Å²) >= 11 is 0. The van der Waals surface area contributed by atoms with Gasteiger partial charge in [-0.05, 0) is 101 Å². The lowest BCUT2D eigenvalue weighted by molar-refractivity contribution is 0.661. The van der Waals surface area contributed by atoms with Crippen LogP contribution >= 0.6 is 0 Å². The monoisotopic (exact) mass is 586 g/mol. The Hall–Kier alpha value is -5.66. The third-order valence-corrected chi connectivity index (χ3v) is 10.4. The fourth-order valence-corrected chi connectivity index (χ4v) is 8.36. The summed E-state index contributed by atoms with van der Waals surface area (Å²) in [5.74, 6) is 0. The molecule has 0 aliphatic heterocycles. The Bertz CT molecular complexity index is 2660. The summed E-state index contributed by atoms with van der Waals surface area (Å²) in [5.41, 5.74) is 12.4. The van der Waals surface area contributed by atoms with Gasteiger partial charge in [-0.2, -0.15) is 0 Å². The summed E-state index contributed by atoms with van der Waals surface area (Å²) in [6.45, 7) is 4.76. The number of hydrogen-bond acceptors (Lipinski definition) is 1. The molecule has 1 aliphatic carbocycles. The van der Waals surface area contributed by atoms with E-state index in [1.807, 2.05) is 6.07 Å². The maximum absolute atomic E-state index is 6.22. The summed E-state index contributed by atoms with van der Waals surface area (Å²) in [6, 6.07) is 53.5. The highest BCUT2D eigenvalue weighted by Gasteiger charge is 2.38. The van der Waals surface area contributed by atoms with Gasteiger partial charge in [0.15, 0.2) is 0 Å². The van der Waals surface area contributed by atoms with Crippen molar-refractivity contribution in [2.75, 3.05) is 0 Å². The molecule has 1 nitrogen and oxygen atoms in total. The average molecular weight is 587 g/mol. The Labute approximate surface area is 267 Å². The number of fused-ring (bicyclic) bond motifs is 9. The molecule has 0 unspecified atom stereocenters. The molecule has 10 rings (SSSR count). The van der Waals surface area contributed by atoms with Crippen molar-refractivity contribution in [1.82, 2.24) is 0 Å². The van der Waals surface area contributed by atoms with E-state index in [9.17, 15) is 0 Å². The highest BCUT2D eigenvalue weighted by atomic mass is 16.3. The van der Waals surface area contributed by atoms with Crippen LogP contribution in [0.2, 0.25) is 0 Å². The summed E-state index contributed by atoms with van der Waals surface area (Å²) in [6.07, 6.45) is 0. The zero-order valence-corrected chi connectivity index (χ0v) is 25.8. The van der Waals surface area contributed by atoms with Crippen LogP contribution in [0.4, 0.5) is 0 Å². The van der Waals surface area contributed by atoms with E-state index in [2.05, 4.69) is 153 Å². The Balaban J connectivity index is 1.38. The second-order valence-electron chi connectivity index (χ2n) is 13.2. The first-order chi connectivity index (χ1) is 22.6. The summed E-state index contributed by atoms with van der Waals surface area (Å²) in [7, 11) is 0. The Morgan fingerprint density at radius 2 is 0.957 bits per heavy atom. The first kappa shape index (κ1) is 25.6. The maximum Gasteiger partial charge on any atom is 0.135 e. The third-order valence-electron chi connectivity index (χ3n) is 10.4. The van der Waals surface area contributed by atoms with E-state index in [0.717, 1.165) is 21.9 Å². The molecule has 0 spiro atoms. The first-order valence-electron chi connectivity index (χ1n) is 16.1. The van der Waals surface area contributed by atoms with Crippen LogP contribution in [-0.2, 0) is 5.41 Å². The summed E-state index contributed by atoms with van der Waals surface area (Å²) < 4.78 is 6.22. The molecule has 0 bridgehead atoms. The second kappa shape index (κ2) is 9.19. The van der Waals surface area contributed by atoms with Gasteiger partial charge in [-0.25, -0.2) is 0 Å². The normalized spacial score (nSPS) is 13.6. The zero-order chi connectivity index (χ0) is 30.6. The molecule has 0 radical (unpaired) electrons. The molecular formula is C45H30O. The lowest BCUT2D eigenvalue weighted by Gasteiger charge is -2.24. The quantitative estimate of drug-likeness (QED) is 0.184. The minimum atomic E-state index is -0.0982. The van der Waals surface area contributed by atoms with Crippen molar-refractivity contribution in [3.63, 3.8) is 0 Å². The molecule has 0 saturated heterocycles. The van der Waals surface area contributed by atoms with Gasteiger partial charge in [0.2, 0.25) is 0 Å². The molecule has 1 heterocycles. The summed E-state index contributed by atoms with van der Waals surface area (Å²) in [4.78, 5) is 0. The van der Waals surface area contributed by atoms with Crippen LogP contribution in [0.5, 0.6) is 0 Å². The lowest BCUT2D eigenvalue weighted by atomic mass is 9.79. The van der Waals surface area contributed by atoms with E-state index in [1.54, 1.807) is 0 Å². The molecule has 0 saturated carbocycles. The predicted molar refractivity (Wildman–Crippen MR) is 195 cm³/mol. The number of para-hydroxylation sites is 1. The number of furan rings is 1. The molecule has 8 aromatic carbocycles. The van der Waals surface area contributed by atoms with E-state index < -0.39 is 0 Å². The largest absolute Gasteiger partial charge is 0.456 e. The van der Waals surface area contributed by atoms with Crippen LogP contribution in [0, 0.1) is 0 Å². The van der Waals surface area contributed by atoms with Crippen LogP contribution < -0.4 is 0 Å². The second-order valence-corrected chi connectivity index (χ2v) is 13.2. The maximum atomic E-state index is 6.22. The van der Waals surface area contributed by atoms with E-state index in [4.69, 9.17) is 4.42 Å². The molecule has 216 valence electrons. The highest BCUT2D eigenvalue weighted by Crippen LogP contribution is 2.56. The zero-order valence-electron chi connectivity index (χ0n) is 25.8. The fraction of sp³-hybridized carbons (Fsp3) is 0.0667. The summed E-state index contributed by atoms with van der Waals surface area (Å²) in [5, 5.41) is 9.94. The first-order valence-corrected chi connectivity index (χ1v) is 16.1. The van der Waals surface area contributed by atoms with E-state index in [0.29, 0.717) is 0 Å². The lowest BCUT2D eigenvalue weighted by Crippen LogP contribution is -2.15. The molecule has 9 aromatic rings. The molecule has 0 atom stereocenters. The molecule has 0 N–H and O–H groups in total. The van der Waals surface area contributed by atoms with Gasteiger partial charge in [-0.15, -0.1) is 0 Å². The molecule has 1 aromatic heterocycles. The smallest absolute Gasteiger partial charge is 0.135 e. The van der Waals surface area contributed by atoms with Crippen molar-refractivity contribution < 1.29 is 4.42 Å². The van der Waals surface area contributed by atoms with Gasteiger partial charge in [0, 0.05) is 16.2 Å². The van der Waals surface area contributed by atoms with Crippen molar-refractivity contribution in [2.45, 2.75) is 19.3 Å². The van der Waals surface area contributed by atoms with Crippen molar-refractivity contribution in [3.05, 3.63) is 157 Å². The van der Waals surface area contributed by atoms with E-state index >= 15 is 0 Å². The van der Waals surface area contributed by atoms with Gasteiger partial charge in [-0.3, -0.25) is 0 Å². The van der Waals surface area contributed by atoms with Gasteiger partial charge in [0.25, 0.3) is 0 Å². The van der Waals surface area contributed by atoms with E-state index in [-0.39, 0.29) is 5.41 Å². The molecular weight excluding hydrogens is 556 g/mol. The van der Waals surface area contributed by atoms with Crippen molar-refractivity contribution in [2.24, 2.45) is 0 Å². The number of benzene rings is 8. The SMILES string of the molecule is CC1(C)c2ccccc2-c2c1cc1ccccc1c2-c1c2ccccc2c(-c2ccc3oc4ccccc4c3c2)c2ccccc12. The average Bonchev–Trinajstić information content (AvgIpc) is 3.58. The predicted octanol–water partition coefficient (Wildman–Crippen LogP) is 12.7. The molecule has 1 heteroatoms. The van der Waals surface area contributed by atoms with Crippen molar-refractivity contribution >= 4 is 54.3 Å². The number of rotatable bonds is 2. The van der Waals surface area contributed by atoms with Crippen LogP contribution in [0.25, 0.3) is 87.6 Å². The molecule has 0 fully saturated rings. The molecule has 0 amide bonds. The van der Waals surface area contributed by atoms with Crippen molar-refractivity contribution in [3.8, 4) is 33.4 Å². The van der Waals surface area contributed by atoms with Gasteiger partial charge in [0.05, 0.1) is 0 Å². The van der Waals surface area contributed by atoms with Gasteiger partial charge < -0.3 is 4.42 Å². The minimum absolute atomic E-state index is 0.0982. The van der Waals surface area contributed by atoms with Crippen molar-refractivity contribution in [1.29, 1.82) is 0 Å². The molecule has 46 heavy (non-hydrogen) atoms. The topological polar surface area (TPSA) is 13.1 Å². The molecule has 1 aliphatic rings. The van der Waals surface area contributed by atoms with Crippen LogP contribution in [0.3, 0.4) is 0 Å². The highest BCUT2D eigenvalue weighted by molar-refractivity contribution is 6.26. The van der Waals surface area contributed by atoms with Gasteiger partial charge in [0.1, 0.15) is 11.2 Å². The number of hydrogen-bond donors (Lipinski definition) is 0.